The molecule has 1 atom stereocenters. The van der Waals surface area contributed by atoms with Crippen LogP contribution in [0.1, 0.15) is 25.0 Å². The highest BCUT2D eigenvalue weighted by Crippen LogP contribution is 2.20. The van der Waals surface area contributed by atoms with Crippen molar-refractivity contribution in [3.63, 3.8) is 0 Å². The minimum absolute atomic E-state index is 0.0858. The molecular formula is C12H18N2O2S. The van der Waals surface area contributed by atoms with E-state index < -0.39 is 0 Å². The molecule has 0 aliphatic carbocycles. The molecule has 0 saturated carbocycles. The van der Waals surface area contributed by atoms with Crippen molar-refractivity contribution in [2.45, 2.75) is 26.9 Å². The molecule has 1 aromatic heterocycles. The highest BCUT2D eigenvalue weighted by molar-refractivity contribution is 7.80. The van der Waals surface area contributed by atoms with Crippen LogP contribution >= 0.6 is 12.2 Å². The molecule has 0 amide bonds. The fraction of sp³-hybridized carbons (Fsp3) is 0.500. The maximum absolute atomic E-state index is 5.69. The average Bonchev–Trinajstić information content (AvgIpc) is 2.25. The molecule has 0 saturated heterocycles. The lowest BCUT2D eigenvalue weighted by molar-refractivity contribution is 0.0632. The Kier molecular flexibility index (Phi) is 5.31. The Bertz CT molecular complexity index is 396. The van der Waals surface area contributed by atoms with Gasteiger partial charge in [0.25, 0.3) is 0 Å². The summed E-state index contributed by atoms with van der Waals surface area (Å²) in [7, 11) is 0. The monoisotopic (exact) mass is 254 g/mol. The van der Waals surface area contributed by atoms with Gasteiger partial charge in [-0.2, -0.15) is 0 Å². The van der Waals surface area contributed by atoms with E-state index in [2.05, 4.69) is 4.98 Å². The molecule has 0 aliphatic heterocycles. The van der Waals surface area contributed by atoms with Gasteiger partial charge in [-0.1, -0.05) is 12.2 Å². The molecular weight excluding hydrogens is 236 g/mol. The molecule has 1 aromatic rings. The van der Waals surface area contributed by atoms with Crippen LogP contribution in [-0.2, 0) is 4.74 Å². The summed E-state index contributed by atoms with van der Waals surface area (Å²) in [5, 5.41) is 0. The predicted octanol–water partition coefficient (Wildman–Crippen LogP) is 1.83. The Hall–Kier alpha value is -1.20. The van der Waals surface area contributed by atoms with Gasteiger partial charge in [0.1, 0.15) is 11.1 Å². The van der Waals surface area contributed by atoms with Crippen molar-refractivity contribution in [2.24, 2.45) is 5.73 Å². The van der Waals surface area contributed by atoms with Gasteiger partial charge < -0.3 is 15.2 Å². The van der Waals surface area contributed by atoms with E-state index in [9.17, 15) is 0 Å². The Balaban J connectivity index is 2.83. The maximum Gasteiger partial charge on any atom is 0.224 e. The first-order chi connectivity index (χ1) is 8.06. The molecule has 0 spiro atoms. The molecule has 0 fully saturated rings. The smallest absolute Gasteiger partial charge is 0.224 e. The van der Waals surface area contributed by atoms with Gasteiger partial charge in [0.15, 0.2) is 0 Å². The van der Waals surface area contributed by atoms with Crippen LogP contribution in [0.25, 0.3) is 0 Å². The number of aromatic nitrogens is 1. The standard InChI is InChI=1S/C12H18N2O2S/c1-4-15-7-9(3)16-12-10(11(13)17)8(2)5-6-14-12/h5-6,9H,4,7H2,1-3H3,(H2,13,17). The van der Waals surface area contributed by atoms with E-state index >= 15 is 0 Å². The summed E-state index contributed by atoms with van der Waals surface area (Å²) >= 11 is 5.00. The molecule has 1 unspecified atom stereocenters. The zero-order valence-corrected chi connectivity index (χ0v) is 11.2. The van der Waals surface area contributed by atoms with Crippen LogP contribution in [0.15, 0.2) is 12.3 Å². The van der Waals surface area contributed by atoms with Gasteiger partial charge in [-0.25, -0.2) is 4.98 Å². The van der Waals surface area contributed by atoms with Crippen molar-refractivity contribution in [3.05, 3.63) is 23.4 Å². The van der Waals surface area contributed by atoms with Crippen LogP contribution in [0.2, 0.25) is 0 Å². The fourth-order valence-electron chi connectivity index (χ4n) is 1.43. The number of thiocarbonyl (C=S) groups is 1. The Labute approximate surface area is 107 Å². The molecule has 0 radical (unpaired) electrons. The Morgan fingerprint density at radius 1 is 1.59 bits per heavy atom. The minimum atomic E-state index is -0.0858. The molecule has 1 rings (SSSR count). The number of hydrogen-bond donors (Lipinski definition) is 1. The number of pyridine rings is 1. The summed E-state index contributed by atoms with van der Waals surface area (Å²) in [4.78, 5) is 4.46. The molecule has 0 aliphatic rings. The molecule has 17 heavy (non-hydrogen) atoms. The molecule has 2 N–H and O–H groups in total. The highest BCUT2D eigenvalue weighted by atomic mass is 32.1. The number of nitrogens with zero attached hydrogens (tertiary/aromatic N) is 1. The largest absolute Gasteiger partial charge is 0.472 e. The summed E-state index contributed by atoms with van der Waals surface area (Å²) in [6.07, 6.45) is 1.59. The predicted molar refractivity (Wildman–Crippen MR) is 71.4 cm³/mol. The Morgan fingerprint density at radius 2 is 2.29 bits per heavy atom. The van der Waals surface area contributed by atoms with Crippen molar-refractivity contribution in [2.75, 3.05) is 13.2 Å². The topological polar surface area (TPSA) is 57.4 Å². The molecule has 1 heterocycles. The number of ether oxygens (including phenoxy) is 2. The number of nitrogens with two attached hydrogens (primary N) is 1. The second-order valence-electron chi connectivity index (χ2n) is 3.76. The first-order valence-corrected chi connectivity index (χ1v) is 5.96. The summed E-state index contributed by atoms with van der Waals surface area (Å²) in [5.41, 5.74) is 7.34. The van der Waals surface area contributed by atoms with E-state index in [0.29, 0.717) is 29.6 Å². The lowest BCUT2D eigenvalue weighted by Crippen LogP contribution is -2.22. The van der Waals surface area contributed by atoms with Crippen LogP contribution in [-0.4, -0.2) is 29.3 Å². The van der Waals surface area contributed by atoms with Gasteiger partial charge in [-0.3, -0.25) is 0 Å². The third-order valence-corrected chi connectivity index (χ3v) is 2.44. The van der Waals surface area contributed by atoms with E-state index in [1.165, 1.54) is 0 Å². The molecule has 5 heteroatoms. The van der Waals surface area contributed by atoms with Crippen LogP contribution in [0.5, 0.6) is 5.88 Å². The normalized spacial score (nSPS) is 12.2. The van der Waals surface area contributed by atoms with Crippen LogP contribution in [0.3, 0.4) is 0 Å². The number of aryl methyl sites for hydroxylation is 1. The van der Waals surface area contributed by atoms with Gasteiger partial charge >= 0.3 is 0 Å². The summed E-state index contributed by atoms with van der Waals surface area (Å²) in [5.74, 6) is 0.477. The third-order valence-electron chi connectivity index (χ3n) is 2.24. The number of rotatable bonds is 6. The van der Waals surface area contributed by atoms with E-state index in [1.807, 2.05) is 26.8 Å². The first-order valence-electron chi connectivity index (χ1n) is 5.56. The van der Waals surface area contributed by atoms with Crippen LogP contribution < -0.4 is 10.5 Å². The van der Waals surface area contributed by atoms with E-state index in [4.69, 9.17) is 27.4 Å². The highest BCUT2D eigenvalue weighted by Gasteiger charge is 2.14. The summed E-state index contributed by atoms with van der Waals surface area (Å²) in [6.45, 7) is 6.97. The van der Waals surface area contributed by atoms with Crippen molar-refractivity contribution in [1.82, 2.24) is 4.98 Å². The van der Waals surface area contributed by atoms with E-state index in [0.717, 1.165) is 5.56 Å². The maximum atomic E-state index is 5.69. The second kappa shape index (κ2) is 6.51. The van der Waals surface area contributed by atoms with Crippen LogP contribution in [0.4, 0.5) is 0 Å². The average molecular weight is 254 g/mol. The first kappa shape index (κ1) is 13.9. The van der Waals surface area contributed by atoms with Crippen molar-refractivity contribution < 1.29 is 9.47 Å². The van der Waals surface area contributed by atoms with E-state index in [-0.39, 0.29) is 6.10 Å². The summed E-state index contributed by atoms with van der Waals surface area (Å²) < 4.78 is 11.0. The lowest BCUT2D eigenvalue weighted by Gasteiger charge is -2.16. The quantitative estimate of drug-likeness (QED) is 0.785. The molecule has 0 bridgehead atoms. The van der Waals surface area contributed by atoms with Gasteiger partial charge in [-0.05, 0) is 32.4 Å². The van der Waals surface area contributed by atoms with Crippen molar-refractivity contribution in [1.29, 1.82) is 0 Å². The minimum Gasteiger partial charge on any atom is -0.472 e. The van der Waals surface area contributed by atoms with Gasteiger partial charge in [0.2, 0.25) is 5.88 Å². The lowest BCUT2D eigenvalue weighted by atomic mass is 10.1. The van der Waals surface area contributed by atoms with Crippen LogP contribution in [0, 0.1) is 6.92 Å². The van der Waals surface area contributed by atoms with Crippen molar-refractivity contribution in [3.8, 4) is 5.88 Å². The molecule has 0 aromatic carbocycles. The third kappa shape index (κ3) is 3.94. The zero-order chi connectivity index (χ0) is 12.8. The SMILES string of the molecule is CCOCC(C)Oc1nccc(C)c1C(N)=S. The Morgan fingerprint density at radius 3 is 2.88 bits per heavy atom. The zero-order valence-electron chi connectivity index (χ0n) is 10.4. The summed E-state index contributed by atoms with van der Waals surface area (Å²) in [6, 6.07) is 1.86. The molecule has 4 nitrogen and oxygen atoms in total. The van der Waals surface area contributed by atoms with E-state index in [1.54, 1.807) is 6.20 Å². The second-order valence-corrected chi connectivity index (χ2v) is 4.20. The van der Waals surface area contributed by atoms with Crippen molar-refractivity contribution >= 4 is 17.2 Å². The van der Waals surface area contributed by atoms with Gasteiger partial charge in [-0.15, -0.1) is 0 Å². The number of hydrogen-bond acceptors (Lipinski definition) is 4. The fourth-order valence-corrected chi connectivity index (χ4v) is 1.68. The van der Waals surface area contributed by atoms with Gasteiger partial charge in [0, 0.05) is 12.8 Å². The molecule has 94 valence electrons. The van der Waals surface area contributed by atoms with Gasteiger partial charge in [0.05, 0.1) is 12.2 Å².